The number of benzene rings is 1. The second-order valence-electron chi connectivity index (χ2n) is 4.40. The Bertz CT molecular complexity index is 806. The first-order chi connectivity index (χ1) is 10.0. The van der Waals surface area contributed by atoms with Gasteiger partial charge in [0.1, 0.15) is 10.7 Å². The molecule has 1 aliphatic heterocycles. The van der Waals surface area contributed by atoms with Crippen molar-refractivity contribution in [2.45, 2.75) is 11.4 Å². The Morgan fingerprint density at radius 2 is 2.14 bits per heavy atom. The minimum Gasteiger partial charge on any atom is -0.351 e. The van der Waals surface area contributed by atoms with E-state index in [9.17, 15) is 12.8 Å². The van der Waals surface area contributed by atoms with E-state index in [-0.39, 0.29) is 10.9 Å². The molecule has 0 amide bonds. The van der Waals surface area contributed by atoms with E-state index in [1.165, 1.54) is 12.1 Å². The highest BCUT2D eigenvalue weighted by atomic mass is 32.2. The van der Waals surface area contributed by atoms with Gasteiger partial charge in [-0.15, -0.1) is 4.40 Å². The van der Waals surface area contributed by atoms with Crippen molar-refractivity contribution in [3.05, 3.63) is 54.1 Å². The number of aromatic nitrogens is 1. The van der Waals surface area contributed by atoms with Gasteiger partial charge in [-0.05, 0) is 29.8 Å². The number of hydrogen-bond acceptors (Lipinski definition) is 5. The third kappa shape index (κ3) is 2.84. The molecule has 1 aromatic heterocycles. The summed E-state index contributed by atoms with van der Waals surface area (Å²) in [6.07, 6.45) is 3.31. The summed E-state index contributed by atoms with van der Waals surface area (Å²) in [5.74, 6) is -0.529. The zero-order valence-corrected chi connectivity index (χ0v) is 11.6. The van der Waals surface area contributed by atoms with Crippen molar-refractivity contribution < 1.29 is 12.8 Å². The van der Waals surface area contributed by atoms with Crippen molar-refractivity contribution in [3.8, 4) is 0 Å². The van der Waals surface area contributed by atoms with Crippen LogP contribution >= 0.6 is 0 Å². The van der Waals surface area contributed by atoms with Gasteiger partial charge in [-0.1, -0.05) is 6.07 Å². The molecule has 0 aliphatic carbocycles. The van der Waals surface area contributed by atoms with Crippen LogP contribution in [0, 0.1) is 5.82 Å². The summed E-state index contributed by atoms with van der Waals surface area (Å²) in [6, 6.07) is 7.12. The Morgan fingerprint density at radius 1 is 1.29 bits per heavy atom. The highest BCUT2D eigenvalue weighted by molar-refractivity contribution is 7.90. The number of nitrogens with zero attached hydrogens (tertiary/aromatic N) is 2. The molecule has 0 radical (unpaired) electrons. The Kier molecular flexibility index (Phi) is 3.30. The van der Waals surface area contributed by atoms with Gasteiger partial charge in [0.15, 0.2) is 0 Å². The molecule has 1 aliphatic rings. The predicted octanol–water partition coefficient (Wildman–Crippen LogP) is 1.48. The number of halogens is 1. The molecule has 2 aromatic rings. The smallest absolute Gasteiger partial charge is 0.287 e. The normalized spacial score (nSPS) is 15.6. The van der Waals surface area contributed by atoms with Crippen LogP contribution < -0.4 is 10.6 Å². The lowest BCUT2D eigenvalue weighted by Gasteiger charge is -2.19. The van der Waals surface area contributed by atoms with E-state index in [2.05, 4.69) is 20.0 Å². The van der Waals surface area contributed by atoms with Gasteiger partial charge in [0.25, 0.3) is 10.0 Å². The highest BCUT2D eigenvalue weighted by Gasteiger charge is 2.25. The Morgan fingerprint density at radius 3 is 2.90 bits per heavy atom. The number of hydrogen-bond donors (Lipinski definition) is 2. The first kappa shape index (κ1) is 13.5. The van der Waals surface area contributed by atoms with Crippen LogP contribution in [-0.2, 0) is 16.6 Å². The molecule has 0 unspecified atom stereocenters. The number of guanidine groups is 1. The van der Waals surface area contributed by atoms with Crippen LogP contribution in [0.25, 0.3) is 0 Å². The lowest BCUT2D eigenvalue weighted by molar-refractivity contribution is 0.592. The summed E-state index contributed by atoms with van der Waals surface area (Å²) in [7, 11) is -3.91. The molecule has 3 rings (SSSR count). The SMILES string of the molecule is O=S1(=O)N=C(NCc2cccnc2)Nc2ccc(F)cc21. The molecule has 0 atom stereocenters. The van der Waals surface area contributed by atoms with Crippen LogP contribution in [0.2, 0.25) is 0 Å². The maximum Gasteiger partial charge on any atom is 0.287 e. The second-order valence-corrected chi connectivity index (χ2v) is 5.97. The number of nitrogens with one attached hydrogen (secondary N) is 2. The van der Waals surface area contributed by atoms with E-state index in [4.69, 9.17) is 0 Å². The van der Waals surface area contributed by atoms with Crippen molar-refractivity contribution in [2.75, 3.05) is 5.32 Å². The lowest BCUT2D eigenvalue weighted by atomic mass is 10.3. The Balaban J connectivity index is 1.83. The molecule has 0 fully saturated rings. The predicted molar refractivity (Wildman–Crippen MR) is 75.7 cm³/mol. The first-order valence-corrected chi connectivity index (χ1v) is 7.53. The maximum atomic E-state index is 13.1. The molecular weight excluding hydrogens is 295 g/mol. The third-order valence-electron chi connectivity index (χ3n) is 2.87. The number of sulfonamides is 1. The Hall–Kier alpha value is -2.48. The van der Waals surface area contributed by atoms with Crippen molar-refractivity contribution in [1.82, 2.24) is 10.3 Å². The highest BCUT2D eigenvalue weighted by Crippen LogP contribution is 2.27. The van der Waals surface area contributed by atoms with Crippen LogP contribution in [0.15, 0.2) is 52.0 Å². The first-order valence-electron chi connectivity index (χ1n) is 6.09. The van der Waals surface area contributed by atoms with Gasteiger partial charge in [0, 0.05) is 18.9 Å². The van der Waals surface area contributed by atoms with Crippen molar-refractivity contribution in [1.29, 1.82) is 0 Å². The van der Waals surface area contributed by atoms with Crippen LogP contribution in [-0.4, -0.2) is 19.4 Å². The summed E-state index contributed by atoms with van der Waals surface area (Å²) in [5.41, 5.74) is 1.17. The molecule has 1 aromatic carbocycles. The average Bonchev–Trinajstić information content (AvgIpc) is 2.47. The summed E-state index contributed by atoms with van der Waals surface area (Å²) >= 11 is 0. The zero-order valence-electron chi connectivity index (χ0n) is 10.7. The summed E-state index contributed by atoms with van der Waals surface area (Å²) in [6.45, 7) is 0.367. The third-order valence-corrected chi connectivity index (χ3v) is 4.19. The van der Waals surface area contributed by atoms with Gasteiger partial charge in [-0.3, -0.25) is 4.98 Å². The van der Waals surface area contributed by atoms with Gasteiger partial charge in [-0.2, -0.15) is 8.42 Å². The quantitative estimate of drug-likeness (QED) is 0.878. The number of anilines is 1. The average molecular weight is 306 g/mol. The fraction of sp³-hybridized carbons (Fsp3) is 0.0769. The monoisotopic (exact) mass is 306 g/mol. The topological polar surface area (TPSA) is 83.5 Å². The van der Waals surface area contributed by atoms with E-state index >= 15 is 0 Å². The van der Waals surface area contributed by atoms with Gasteiger partial charge < -0.3 is 10.6 Å². The minimum atomic E-state index is -3.91. The van der Waals surface area contributed by atoms with Crippen molar-refractivity contribution in [2.24, 2.45) is 4.40 Å². The Labute approximate surface area is 120 Å². The molecule has 6 nitrogen and oxygen atoms in total. The number of pyridine rings is 1. The fourth-order valence-electron chi connectivity index (χ4n) is 1.90. The van der Waals surface area contributed by atoms with E-state index in [0.29, 0.717) is 12.2 Å². The molecule has 108 valence electrons. The lowest BCUT2D eigenvalue weighted by Crippen LogP contribution is -2.34. The van der Waals surface area contributed by atoms with Crippen LogP contribution in [0.5, 0.6) is 0 Å². The minimum absolute atomic E-state index is 0.0953. The molecule has 0 spiro atoms. The summed E-state index contributed by atoms with van der Waals surface area (Å²) < 4.78 is 40.7. The van der Waals surface area contributed by atoms with E-state index in [0.717, 1.165) is 11.6 Å². The van der Waals surface area contributed by atoms with E-state index < -0.39 is 15.8 Å². The molecule has 2 heterocycles. The second kappa shape index (κ2) is 5.13. The molecular formula is C13H11FN4O2S. The van der Waals surface area contributed by atoms with Crippen molar-refractivity contribution >= 4 is 21.7 Å². The van der Waals surface area contributed by atoms with Gasteiger partial charge in [0.05, 0.1) is 5.69 Å². The molecule has 0 saturated carbocycles. The van der Waals surface area contributed by atoms with Crippen LogP contribution in [0.4, 0.5) is 10.1 Å². The van der Waals surface area contributed by atoms with Gasteiger partial charge in [-0.25, -0.2) is 4.39 Å². The van der Waals surface area contributed by atoms with E-state index in [1.807, 2.05) is 6.07 Å². The number of fused-ring (bicyclic) bond motifs is 1. The standard InChI is InChI=1S/C13H11FN4O2S/c14-10-3-4-11-12(6-10)21(19,20)18-13(17-11)16-8-9-2-1-5-15-7-9/h1-7H,8H2,(H2,16,17,18). The summed E-state index contributed by atoms with van der Waals surface area (Å²) in [5, 5.41) is 5.70. The van der Waals surface area contributed by atoms with Crippen molar-refractivity contribution in [3.63, 3.8) is 0 Å². The summed E-state index contributed by atoms with van der Waals surface area (Å²) in [4.78, 5) is 3.79. The fourth-order valence-corrected chi connectivity index (χ4v) is 3.00. The molecule has 0 saturated heterocycles. The number of rotatable bonds is 2. The van der Waals surface area contributed by atoms with Crippen LogP contribution in [0.3, 0.4) is 0 Å². The maximum absolute atomic E-state index is 13.1. The molecule has 0 bridgehead atoms. The molecule has 2 N–H and O–H groups in total. The van der Waals surface area contributed by atoms with Gasteiger partial charge >= 0.3 is 0 Å². The van der Waals surface area contributed by atoms with Gasteiger partial charge in [0.2, 0.25) is 5.96 Å². The molecule has 21 heavy (non-hydrogen) atoms. The zero-order chi connectivity index (χ0) is 14.9. The van der Waals surface area contributed by atoms with E-state index in [1.54, 1.807) is 18.5 Å². The molecule has 8 heteroatoms. The largest absolute Gasteiger partial charge is 0.351 e. The van der Waals surface area contributed by atoms with Crippen LogP contribution in [0.1, 0.15) is 5.56 Å².